The zero-order valence-electron chi connectivity index (χ0n) is 18.5. The van der Waals surface area contributed by atoms with Gasteiger partial charge in [-0.05, 0) is 39.8 Å². The number of nitrogens with two attached hydrogens (primary N) is 2. The number of carbonyl (C=O) groups excluding carboxylic acids is 1. The van der Waals surface area contributed by atoms with E-state index in [1.165, 1.54) is 11.8 Å². The number of hydrogen-bond donors (Lipinski definition) is 3. The molecule has 10 nitrogen and oxygen atoms in total. The van der Waals surface area contributed by atoms with Crippen molar-refractivity contribution < 1.29 is 18.7 Å². The number of anilines is 2. The molecule has 0 aliphatic carbocycles. The number of rotatable bonds is 5. The highest BCUT2D eigenvalue weighted by Gasteiger charge is 2.35. The summed E-state index contributed by atoms with van der Waals surface area (Å²) in [4.78, 5) is 30.9. The number of hydrogen-bond acceptors (Lipinski definition) is 9. The van der Waals surface area contributed by atoms with Crippen LogP contribution in [-0.4, -0.2) is 23.1 Å². The van der Waals surface area contributed by atoms with Crippen molar-refractivity contribution in [1.29, 1.82) is 5.26 Å². The SMILES string of the molecule is COc1ccc(-[n+]2[nH]oc(=O)c2C(=O)c2sc3nc(N)c(C#N)c(-c4ccc(Cl)cc4)c3c2N)cc1. The maximum Gasteiger partial charge on any atom is 0.439 e. The quantitative estimate of drug-likeness (QED) is 0.234. The van der Waals surface area contributed by atoms with Crippen molar-refractivity contribution in [2.24, 2.45) is 0 Å². The standard InChI is InChI=1S/C24H15ClN6O4S/c1-34-14-8-6-13(7-9-14)31-19(24(33)35-30-31)20(32)21-18(27)17-16(11-2-4-12(25)5-3-11)15(10-26)22(28)29-23(17)36-21/h2-9H,1H3,(H4-,27,28,29,30,32,33)/p+1. The van der Waals surface area contributed by atoms with Crippen molar-refractivity contribution in [2.45, 2.75) is 0 Å². The minimum atomic E-state index is -0.879. The second-order valence-electron chi connectivity index (χ2n) is 7.58. The Hall–Kier alpha value is -4.66. The number of H-pyrrole nitrogens is 1. The summed E-state index contributed by atoms with van der Waals surface area (Å²) in [6, 6.07) is 15.5. The average Bonchev–Trinajstić information content (AvgIpc) is 3.43. The summed E-state index contributed by atoms with van der Waals surface area (Å²) in [6.07, 6.45) is 0. The monoisotopic (exact) mass is 519 g/mol. The number of fused-ring (bicyclic) bond motifs is 1. The Morgan fingerprint density at radius 3 is 2.53 bits per heavy atom. The Labute approximate surface area is 211 Å². The highest BCUT2D eigenvalue weighted by atomic mass is 35.5. The minimum Gasteiger partial charge on any atom is -0.497 e. The first-order valence-electron chi connectivity index (χ1n) is 10.3. The Bertz CT molecular complexity index is 1750. The van der Waals surface area contributed by atoms with Gasteiger partial charge in [0.2, 0.25) is 5.69 Å². The van der Waals surface area contributed by atoms with Gasteiger partial charge < -0.3 is 16.2 Å². The molecule has 0 aliphatic heterocycles. The Balaban J connectivity index is 1.72. The summed E-state index contributed by atoms with van der Waals surface area (Å²) in [6.45, 7) is 0. The molecule has 0 bridgehead atoms. The molecule has 178 valence electrons. The molecule has 5 aromatic rings. The van der Waals surface area contributed by atoms with E-state index in [2.05, 4.69) is 16.3 Å². The van der Waals surface area contributed by atoms with E-state index < -0.39 is 11.4 Å². The molecule has 5 rings (SSSR count). The van der Waals surface area contributed by atoms with Crippen molar-refractivity contribution in [3.05, 3.63) is 80.1 Å². The van der Waals surface area contributed by atoms with E-state index in [-0.39, 0.29) is 27.6 Å². The van der Waals surface area contributed by atoms with Crippen LogP contribution in [0.15, 0.2) is 57.8 Å². The van der Waals surface area contributed by atoms with Gasteiger partial charge in [0, 0.05) is 28.1 Å². The molecule has 0 aliphatic rings. The molecule has 12 heteroatoms. The summed E-state index contributed by atoms with van der Waals surface area (Å²) in [5.74, 6) is -0.0939. The third-order valence-electron chi connectivity index (χ3n) is 5.55. The van der Waals surface area contributed by atoms with Crippen molar-refractivity contribution in [1.82, 2.24) is 10.3 Å². The molecule has 0 radical (unpaired) electrons. The van der Waals surface area contributed by atoms with Gasteiger partial charge >= 0.3 is 11.3 Å². The van der Waals surface area contributed by atoms with Crippen molar-refractivity contribution >= 4 is 50.4 Å². The van der Waals surface area contributed by atoms with Crippen LogP contribution in [0.1, 0.15) is 20.9 Å². The summed E-state index contributed by atoms with van der Waals surface area (Å²) in [5, 5.41) is 13.1. The lowest BCUT2D eigenvalue weighted by Crippen LogP contribution is -2.41. The number of nitriles is 1. The van der Waals surface area contributed by atoms with E-state index in [1.54, 1.807) is 48.5 Å². The number of carbonyl (C=O) groups is 1. The molecule has 3 heterocycles. The second kappa shape index (κ2) is 8.84. The van der Waals surface area contributed by atoms with E-state index in [4.69, 9.17) is 32.3 Å². The van der Waals surface area contributed by atoms with E-state index >= 15 is 0 Å². The lowest BCUT2D eigenvalue weighted by molar-refractivity contribution is -0.672. The smallest absolute Gasteiger partial charge is 0.439 e. The fourth-order valence-electron chi connectivity index (χ4n) is 3.84. The molecular formula is C24H16ClN6O4S+. The van der Waals surface area contributed by atoms with Crippen LogP contribution >= 0.6 is 22.9 Å². The van der Waals surface area contributed by atoms with Gasteiger partial charge in [-0.2, -0.15) is 5.26 Å². The lowest BCUT2D eigenvalue weighted by atomic mass is 9.97. The predicted octanol–water partition coefficient (Wildman–Crippen LogP) is 3.45. The predicted molar refractivity (Wildman–Crippen MR) is 134 cm³/mol. The van der Waals surface area contributed by atoms with Gasteiger partial charge in [0.05, 0.1) is 12.8 Å². The van der Waals surface area contributed by atoms with E-state index in [9.17, 15) is 14.9 Å². The minimum absolute atomic E-state index is 0.00958. The normalized spacial score (nSPS) is 10.9. The number of aromatic amines is 1. The van der Waals surface area contributed by atoms with Crippen molar-refractivity contribution in [3.8, 4) is 28.6 Å². The maximum atomic E-state index is 13.6. The second-order valence-corrected chi connectivity index (χ2v) is 9.02. The Morgan fingerprint density at radius 1 is 1.19 bits per heavy atom. The molecular weight excluding hydrogens is 504 g/mol. The van der Waals surface area contributed by atoms with Crippen LogP contribution < -0.4 is 26.5 Å². The molecule has 0 atom stereocenters. The highest BCUT2D eigenvalue weighted by Crippen LogP contribution is 2.43. The Morgan fingerprint density at radius 2 is 1.89 bits per heavy atom. The van der Waals surface area contributed by atoms with Crippen molar-refractivity contribution in [2.75, 3.05) is 18.6 Å². The number of aromatic nitrogens is 3. The number of ether oxygens (including phenoxy) is 1. The van der Waals surface area contributed by atoms with Crippen LogP contribution in [0, 0.1) is 11.3 Å². The number of ketones is 1. The van der Waals surface area contributed by atoms with Gasteiger partial charge in [0.25, 0.3) is 5.78 Å². The third-order valence-corrected chi connectivity index (χ3v) is 6.90. The lowest BCUT2D eigenvalue weighted by Gasteiger charge is -2.09. The molecule has 3 aromatic heterocycles. The molecule has 5 N–H and O–H groups in total. The van der Waals surface area contributed by atoms with Gasteiger partial charge in [-0.15, -0.1) is 11.3 Å². The van der Waals surface area contributed by atoms with Crippen LogP contribution in [0.25, 0.3) is 27.0 Å². The number of thiophene rings is 1. The zero-order chi connectivity index (χ0) is 25.6. The first kappa shape index (κ1) is 23.1. The van der Waals surface area contributed by atoms with Crippen LogP contribution in [-0.2, 0) is 0 Å². The van der Waals surface area contributed by atoms with Crippen LogP contribution in [0.2, 0.25) is 5.02 Å². The van der Waals surface area contributed by atoms with Crippen molar-refractivity contribution in [3.63, 3.8) is 0 Å². The van der Waals surface area contributed by atoms with Crippen LogP contribution in [0.5, 0.6) is 5.75 Å². The van der Waals surface area contributed by atoms with Gasteiger partial charge in [-0.3, -0.25) is 9.32 Å². The number of halogens is 1. The fraction of sp³-hybridized carbons (Fsp3) is 0.0417. The third kappa shape index (κ3) is 3.65. The molecule has 0 unspecified atom stereocenters. The number of benzene rings is 2. The number of nitrogens with one attached hydrogen (secondary N) is 1. The van der Waals surface area contributed by atoms with Gasteiger partial charge in [-0.1, -0.05) is 23.7 Å². The molecule has 0 amide bonds. The summed E-state index contributed by atoms with van der Waals surface area (Å²) >= 11 is 7.00. The molecule has 0 fully saturated rings. The zero-order valence-corrected chi connectivity index (χ0v) is 20.1. The van der Waals surface area contributed by atoms with E-state index in [0.29, 0.717) is 37.8 Å². The van der Waals surface area contributed by atoms with Gasteiger partial charge in [-0.25, -0.2) is 9.78 Å². The number of pyridine rings is 1. The van der Waals surface area contributed by atoms with Gasteiger partial charge in [0.15, 0.2) is 0 Å². The highest BCUT2D eigenvalue weighted by molar-refractivity contribution is 7.21. The number of methoxy groups -OCH3 is 1. The number of nitrogen functional groups attached to an aromatic ring is 2. The largest absolute Gasteiger partial charge is 0.497 e. The molecule has 36 heavy (non-hydrogen) atoms. The van der Waals surface area contributed by atoms with E-state index in [0.717, 1.165) is 11.3 Å². The molecule has 0 saturated carbocycles. The topological polar surface area (TPSA) is 165 Å². The van der Waals surface area contributed by atoms with Crippen LogP contribution in [0.3, 0.4) is 0 Å². The summed E-state index contributed by atoms with van der Waals surface area (Å²) < 4.78 is 11.3. The van der Waals surface area contributed by atoms with Crippen LogP contribution in [0.4, 0.5) is 11.5 Å². The molecule has 0 saturated heterocycles. The summed E-state index contributed by atoms with van der Waals surface area (Å²) in [5.41, 5.74) is 13.1. The molecule has 2 aromatic carbocycles. The first-order valence-corrected chi connectivity index (χ1v) is 11.5. The van der Waals surface area contributed by atoms with Gasteiger partial charge in [0.1, 0.15) is 32.9 Å². The van der Waals surface area contributed by atoms with E-state index in [1.807, 2.05) is 0 Å². The fourth-order valence-corrected chi connectivity index (χ4v) is 5.02. The summed E-state index contributed by atoms with van der Waals surface area (Å²) in [7, 11) is 1.53. The maximum absolute atomic E-state index is 13.6. The Kier molecular flexibility index (Phi) is 5.68. The first-order chi connectivity index (χ1) is 17.3. The molecule has 0 spiro atoms. The average molecular weight is 520 g/mol. The number of nitrogens with zero attached hydrogens (tertiary/aromatic N) is 3.